The molecule has 0 spiro atoms. The summed E-state index contributed by atoms with van der Waals surface area (Å²) in [7, 11) is 7.91. The Kier molecular flexibility index (Phi) is 23.1. The zero-order valence-corrected chi connectivity index (χ0v) is 50.0. The maximum absolute atomic E-state index is 15.0. The van der Waals surface area contributed by atoms with E-state index in [0.29, 0.717) is 36.6 Å². The van der Waals surface area contributed by atoms with Crippen LogP contribution in [-0.4, -0.2) is 197 Å². The molecule has 20 atom stereocenters. The van der Waals surface area contributed by atoms with Gasteiger partial charge >= 0.3 is 5.97 Å². The minimum absolute atomic E-state index is 0.0809. The molecule has 3 fully saturated rings. The van der Waals surface area contributed by atoms with Gasteiger partial charge in [0.05, 0.1) is 59.0 Å². The van der Waals surface area contributed by atoms with Gasteiger partial charge in [0.15, 0.2) is 12.6 Å². The zero-order valence-electron chi connectivity index (χ0n) is 50.0. The minimum Gasteiger partial charge on any atom is -0.459 e. The van der Waals surface area contributed by atoms with E-state index in [2.05, 4.69) is 20.5 Å². The number of ether oxygens (including phenoxy) is 9. The predicted octanol–water partition coefficient (Wildman–Crippen LogP) is 5.59. The number of methoxy groups -OCH3 is 4. The summed E-state index contributed by atoms with van der Waals surface area (Å²) in [6.45, 7) is 16.9. The number of cyclic esters (lactones) is 1. The molecule has 0 amide bonds. The number of halogens is 1. The number of aliphatic hydroxyl groups is 4. The number of rotatable bonds is 20. The van der Waals surface area contributed by atoms with Crippen LogP contribution >= 0.6 is 0 Å². The van der Waals surface area contributed by atoms with Crippen LogP contribution in [-0.2, 0) is 58.7 Å². The molecule has 1 aromatic carbocycles. The first-order valence-electron chi connectivity index (χ1n) is 28.2. The highest BCUT2D eigenvalue weighted by molar-refractivity contribution is 5.88. The Labute approximate surface area is 477 Å². The van der Waals surface area contributed by atoms with Crippen molar-refractivity contribution in [2.24, 2.45) is 28.8 Å². The third-order valence-electron chi connectivity index (χ3n) is 17.3. The van der Waals surface area contributed by atoms with Crippen molar-refractivity contribution in [1.82, 2.24) is 24.9 Å². The molecule has 0 radical (unpaired) electrons. The van der Waals surface area contributed by atoms with Gasteiger partial charge < -0.3 is 78.5 Å². The molecule has 456 valence electrons. The lowest BCUT2D eigenvalue weighted by molar-refractivity contribution is -0.319. The maximum atomic E-state index is 15.0. The van der Waals surface area contributed by atoms with Gasteiger partial charge in [-0.15, -0.1) is 5.10 Å². The van der Waals surface area contributed by atoms with E-state index in [4.69, 9.17) is 53.2 Å². The molecule has 22 nitrogen and oxygen atoms in total. The molecule has 6 N–H and O–H groups in total. The molecule has 3 aromatic rings. The summed E-state index contributed by atoms with van der Waals surface area (Å²) in [5, 5.41) is 61.1. The number of alkyl halides is 1. The monoisotopic (exact) mass is 1150 g/mol. The number of hydrogen-bond acceptors (Lipinski definition) is 21. The lowest BCUT2D eigenvalue weighted by Crippen LogP contribution is -2.61. The lowest BCUT2D eigenvalue weighted by Gasteiger charge is -2.50. The summed E-state index contributed by atoms with van der Waals surface area (Å²) in [5.74, 6) is -3.59. The smallest absolute Gasteiger partial charge is 0.311 e. The van der Waals surface area contributed by atoms with E-state index in [1.807, 2.05) is 70.0 Å². The fourth-order valence-corrected chi connectivity index (χ4v) is 12.1. The van der Waals surface area contributed by atoms with Crippen LogP contribution in [0.15, 0.2) is 53.9 Å². The van der Waals surface area contributed by atoms with Crippen LogP contribution in [0.3, 0.4) is 0 Å². The molecule has 0 bridgehead atoms. The number of oxime groups is 1. The van der Waals surface area contributed by atoms with E-state index in [9.17, 15) is 25.2 Å². The van der Waals surface area contributed by atoms with Gasteiger partial charge in [0, 0.05) is 89.6 Å². The highest BCUT2D eigenvalue weighted by atomic mass is 19.1. The van der Waals surface area contributed by atoms with Crippen molar-refractivity contribution in [2.45, 2.75) is 198 Å². The number of anilines is 1. The van der Waals surface area contributed by atoms with Crippen LogP contribution in [0, 0.1) is 23.7 Å². The molecule has 5 heterocycles. The number of carbonyl (C=O) groups is 1. The van der Waals surface area contributed by atoms with Crippen LogP contribution in [0.2, 0.25) is 0 Å². The molecular weight excluding hydrogens is 1050 g/mol. The average Bonchev–Trinajstić information content (AvgIpc) is 3.95. The van der Waals surface area contributed by atoms with E-state index in [0.717, 1.165) is 16.7 Å². The number of nitrogen functional groups attached to an aromatic ring is 1. The normalized spacial score (nSPS) is 36.9. The number of hydrogen-bond donors (Lipinski definition) is 5. The largest absolute Gasteiger partial charge is 0.459 e. The van der Waals surface area contributed by atoms with Gasteiger partial charge in [-0.05, 0) is 91.1 Å². The van der Waals surface area contributed by atoms with Crippen LogP contribution < -0.4 is 5.73 Å². The van der Waals surface area contributed by atoms with Gasteiger partial charge in [-0.1, -0.05) is 62.3 Å². The number of nitrogens with zero attached hydrogens (tertiary/aromatic N) is 6. The molecule has 0 unspecified atom stereocenters. The summed E-state index contributed by atoms with van der Waals surface area (Å²) < 4.78 is 73.0. The van der Waals surface area contributed by atoms with Gasteiger partial charge in [0.2, 0.25) is 6.79 Å². The zero-order chi connectivity index (χ0) is 59.7. The number of aromatic nitrogens is 4. The number of aliphatic hydroxyl groups excluding tert-OH is 3. The van der Waals surface area contributed by atoms with Crippen molar-refractivity contribution in [3.63, 3.8) is 0 Å². The predicted molar refractivity (Wildman–Crippen MR) is 298 cm³/mol. The van der Waals surface area contributed by atoms with E-state index in [1.54, 1.807) is 53.1 Å². The van der Waals surface area contributed by atoms with Gasteiger partial charge in [0.25, 0.3) is 0 Å². The SMILES string of the molecule is CC[C@H]1OC(=O)[C@H](C)[C@@H](O[C@H]2C[C@@](C)(OC)[C@@H](O)[C@H](C)O2)[C@H](C)[C@@H](O[C@@H]2O[C@H](C)C[C@H](N(C)CCc3cn([C@H](CF)[C@H](OC)c4ccc(-c5ccc(N)nc5)cc4)nn3)[C@H]2O)[C@](C)(OC)C[C@@H](C)/C(=N\OCOC)[C@H](C)[C@@H](O)[C@]1(C)O. The molecule has 3 aliphatic heterocycles. The summed E-state index contributed by atoms with van der Waals surface area (Å²) in [6, 6.07) is 9.91. The highest BCUT2D eigenvalue weighted by Gasteiger charge is 2.54. The van der Waals surface area contributed by atoms with E-state index < -0.39 is 133 Å². The molecule has 3 aliphatic rings. The Hall–Kier alpha value is -4.34. The van der Waals surface area contributed by atoms with Gasteiger partial charge in [-0.2, -0.15) is 0 Å². The Bertz CT molecular complexity index is 2460. The van der Waals surface area contributed by atoms with Crippen LogP contribution in [0.5, 0.6) is 0 Å². The first kappa shape index (κ1) is 65.8. The summed E-state index contributed by atoms with van der Waals surface area (Å²) in [5.41, 5.74) is 4.92. The van der Waals surface area contributed by atoms with Gasteiger partial charge in [-0.3, -0.25) is 4.79 Å². The first-order valence-corrected chi connectivity index (χ1v) is 28.2. The third-order valence-corrected chi connectivity index (χ3v) is 17.3. The van der Waals surface area contributed by atoms with E-state index >= 15 is 4.39 Å². The Morgan fingerprint density at radius 1 is 0.914 bits per heavy atom. The lowest BCUT2D eigenvalue weighted by atomic mass is 9.73. The second-order valence-corrected chi connectivity index (χ2v) is 23.2. The molecule has 0 saturated carbocycles. The summed E-state index contributed by atoms with van der Waals surface area (Å²) in [6.07, 6.45) is -6.58. The van der Waals surface area contributed by atoms with Crippen molar-refractivity contribution in [2.75, 3.05) is 61.2 Å². The molecule has 3 saturated heterocycles. The molecule has 2 aromatic heterocycles. The second kappa shape index (κ2) is 28.5. The molecular formula is C58H92FN7O15. The minimum atomic E-state index is -1.97. The molecule has 0 aliphatic carbocycles. The quantitative estimate of drug-likeness (QED) is 0.0399. The Morgan fingerprint density at radius 3 is 2.20 bits per heavy atom. The Balaban J connectivity index is 1.30. The number of carbonyl (C=O) groups excluding carboxylic acids is 1. The summed E-state index contributed by atoms with van der Waals surface area (Å²) >= 11 is 0. The number of esters is 1. The van der Waals surface area contributed by atoms with Gasteiger partial charge in [0.1, 0.15) is 48.6 Å². The van der Waals surface area contributed by atoms with E-state index in [1.165, 1.54) is 40.0 Å². The fraction of sp³-hybridized carbons (Fsp3) is 0.741. The van der Waals surface area contributed by atoms with Crippen LogP contribution in [0.1, 0.15) is 118 Å². The van der Waals surface area contributed by atoms with Crippen molar-refractivity contribution in [1.29, 1.82) is 0 Å². The highest BCUT2D eigenvalue weighted by Crippen LogP contribution is 2.43. The molecule has 23 heteroatoms. The molecule has 81 heavy (non-hydrogen) atoms. The first-order chi connectivity index (χ1) is 38.3. The topological polar surface area (TPSA) is 276 Å². The second-order valence-electron chi connectivity index (χ2n) is 23.2. The van der Waals surface area contributed by atoms with Crippen LogP contribution in [0.25, 0.3) is 11.1 Å². The number of nitrogens with two attached hydrogens (primary N) is 1. The number of benzene rings is 1. The van der Waals surface area contributed by atoms with Crippen molar-refractivity contribution in [3.8, 4) is 11.1 Å². The van der Waals surface area contributed by atoms with Crippen LogP contribution in [0.4, 0.5) is 10.2 Å². The van der Waals surface area contributed by atoms with Gasteiger partial charge in [-0.25, -0.2) is 14.1 Å². The molecule has 6 rings (SSSR count). The number of pyridine rings is 1. The van der Waals surface area contributed by atoms with Crippen molar-refractivity contribution < 1.29 is 77.1 Å². The summed E-state index contributed by atoms with van der Waals surface area (Å²) in [4.78, 5) is 26.5. The van der Waals surface area contributed by atoms with Crippen molar-refractivity contribution in [3.05, 3.63) is 60.0 Å². The Morgan fingerprint density at radius 2 is 1.59 bits per heavy atom. The fourth-order valence-electron chi connectivity index (χ4n) is 12.1. The average molecular weight is 1150 g/mol. The van der Waals surface area contributed by atoms with E-state index in [-0.39, 0.29) is 26.1 Å². The maximum Gasteiger partial charge on any atom is 0.311 e. The third kappa shape index (κ3) is 15.1. The van der Waals surface area contributed by atoms with Crippen molar-refractivity contribution >= 4 is 17.5 Å². The standard InChI is InChI=1S/C58H92FN7O15/c1-16-44-58(10,71)51(68)34(4)47(63-76-31-72-12)32(2)26-57(9,75-15)53(35(5)49(36(6)54(70)79-44)80-46-27-56(8,74-14)52(69)37(7)78-46)81-55-48(67)42(25-33(3)77-55)65(11)24-23-41-30-66(64-62-41)43(28-59)50(73-13)39-19-17-38(18-20-39)40-21-22-45(60)61-29-40/h17-22,29-30,32-37,42-44,46,48-53,55,67-69,71H,16,23-28,31H2,1-15H3,(H2,60,61)/b63-47+/t32-,33-,34+,35+,36-,37+,42+,43-,44-,46+,48-,49+,50-,51-,52+,53-,55+,56-,57-,58-/m1/s1. The number of likely N-dealkylation sites (N-methyl/N-ethyl adjacent to an activating group) is 1.